The number of para-hydroxylation sites is 1. The van der Waals surface area contributed by atoms with Crippen LogP contribution in [0.15, 0.2) is 30.3 Å². The van der Waals surface area contributed by atoms with Gasteiger partial charge in [0.05, 0.1) is 5.75 Å². The molecule has 1 rings (SSSR count). The van der Waals surface area contributed by atoms with Crippen LogP contribution in [0, 0.1) is 0 Å². The maximum Gasteiger partial charge on any atom is 0.264 e. The smallest absolute Gasteiger partial charge is 0.264 e. The van der Waals surface area contributed by atoms with E-state index in [4.69, 9.17) is 9.66 Å². The molecule has 0 unspecified atom stereocenters. The molecule has 0 aliphatic rings. The summed E-state index contributed by atoms with van der Waals surface area (Å²) in [4.78, 5) is 0. The SMILES string of the molecule is CCS(=O)(=O)O.Oc1ccccc1. The fraction of sp³-hybridized carbons (Fsp3) is 0.250. The van der Waals surface area contributed by atoms with Gasteiger partial charge in [-0.2, -0.15) is 8.42 Å². The van der Waals surface area contributed by atoms with E-state index in [1.165, 1.54) is 6.92 Å². The first kappa shape index (κ1) is 11.9. The number of hydrogen-bond donors (Lipinski definition) is 2. The molecule has 0 heterocycles. The van der Waals surface area contributed by atoms with Crippen LogP contribution in [0.2, 0.25) is 0 Å². The molecule has 0 radical (unpaired) electrons. The van der Waals surface area contributed by atoms with Crippen molar-refractivity contribution in [1.29, 1.82) is 0 Å². The van der Waals surface area contributed by atoms with Crippen molar-refractivity contribution in [2.75, 3.05) is 5.75 Å². The maximum atomic E-state index is 9.56. The quantitative estimate of drug-likeness (QED) is 0.676. The zero-order valence-corrected chi connectivity index (χ0v) is 8.03. The van der Waals surface area contributed by atoms with E-state index in [9.17, 15) is 8.42 Å². The Labute approximate surface area is 77.6 Å². The second kappa shape index (κ2) is 5.55. The van der Waals surface area contributed by atoms with Crippen LogP contribution in [0.4, 0.5) is 0 Å². The molecule has 0 aromatic heterocycles. The van der Waals surface area contributed by atoms with Crippen molar-refractivity contribution in [3.05, 3.63) is 30.3 Å². The summed E-state index contributed by atoms with van der Waals surface area (Å²) in [6, 6.07) is 8.71. The highest BCUT2D eigenvalue weighted by molar-refractivity contribution is 7.85. The fourth-order valence-corrected chi connectivity index (χ4v) is 0.428. The highest BCUT2D eigenvalue weighted by Crippen LogP contribution is 2.02. The van der Waals surface area contributed by atoms with Crippen LogP contribution in [0.1, 0.15) is 6.92 Å². The van der Waals surface area contributed by atoms with Crippen molar-refractivity contribution in [3.8, 4) is 5.75 Å². The van der Waals surface area contributed by atoms with Crippen LogP contribution < -0.4 is 0 Å². The van der Waals surface area contributed by atoms with E-state index in [2.05, 4.69) is 0 Å². The molecule has 5 heteroatoms. The maximum absolute atomic E-state index is 9.56. The van der Waals surface area contributed by atoms with Crippen molar-refractivity contribution < 1.29 is 18.1 Å². The van der Waals surface area contributed by atoms with Gasteiger partial charge in [0.15, 0.2) is 0 Å². The molecule has 4 nitrogen and oxygen atoms in total. The third kappa shape index (κ3) is 8.84. The van der Waals surface area contributed by atoms with Gasteiger partial charge >= 0.3 is 0 Å². The standard InChI is InChI=1S/C6H6O.C2H6O3S/c7-6-4-2-1-3-5-6;1-2-6(3,4)5/h1-5,7H;2H2,1H3,(H,3,4,5). The zero-order chi connectivity index (χ0) is 10.3. The van der Waals surface area contributed by atoms with Crippen LogP contribution >= 0.6 is 0 Å². The van der Waals surface area contributed by atoms with Gasteiger partial charge in [0, 0.05) is 0 Å². The van der Waals surface area contributed by atoms with Gasteiger partial charge in [0.2, 0.25) is 0 Å². The lowest BCUT2D eigenvalue weighted by Crippen LogP contribution is -1.97. The van der Waals surface area contributed by atoms with E-state index in [-0.39, 0.29) is 5.75 Å². The topological polar surface area (TPSA) is 74.6 Å². The van der Waals surface area contributed by atoms with E-state index in [0.29, 0.717) is 5.75 Å². The zero-order valence-electron chi connectivity index (χ0n) is 7.21. The number of benzene rings is 1. The third-order valence-corrected chi connectivity index (χ3v) is 1.85. The largest absolute Gasteiger partial charge is 0.508 e. The Morgan fingerprint density at radius 3 is 1.77 bits per heavy atom. The molecule has 1 aromatic carbocycles. The lowest BCUT2D eigenvalue weighted by molar-refractivity contribution is 0.475. The first-order valence-electron chi connectivity index (χ1n) is 3.65. The molecular formula is C8H12O4S. The first-order valence-corrected chi connectivity index (χ1v) is 5.26. The Balaban J connectivity index is 0.000000226. The molecule has 0 saturated carbocycles. The van der Waals surface area contributed by atoms with Crippen LogP contribution in [-0.4, -0.2) is 23.8 Å². The lowest BCUT2D eigenvalue weighted by atomic mass is 10.3. The minimum absolute atomic E-state index is 0.201. The average Bonchev–Trinajstić information content (AvgIpc) is 2.06. The van der Waals surface area contributed by atoms with Crippen LogP contribution in [0.5, 0.6) is 5.75 Å². The monoisotopic (exact) mass is 204 g/mol. The number of phenols is 1. The predicted molar refractivity (Wildman–Crippen MR) is 50.2 cm³/mol. The summed E-state index contributed by atoms with van der Waals surface area (Å²) in [6.45, 7) is 1.37. The van der Waals surface area contributed by atoms with Crippen LogP contribution in [0.3, 0.4) is 0 Å². The lowest BCUT2D eigenvalue weighted by Gasteiger charge is -1.82. The molecular weight excluding hydrogens is 192 g/mol. The van der Waals surface area contributed by atoms with Gasteiger partial charge in [0.25, 0.3) is 10.1 Å². The Kier molecular flexibility index (Phi) is 5.10. The molecule has 0 aliphatic heterocycles. The molecule has 0 atom stereocenters. The Morgan fingerprint density at radius 1 is 1.23 bits per heavy atom. The van der Waals surface area contributed by atoms with Gasteiger partial charge < -0.3 is 5.11 Å². The van der Waals surface area contributed by atoms with Gasteiger partial charge in [-0.05, 0) is 19.1 Å². The van der Waals surface area contributed by atoms with Crippen molar-refractivity contribution in [1.82, 2.24) is 0 Å². The summed E-state index contributed by atoms with van der Waals surface area (Å²) in [6.07, 6.45) is 0. The molecule has 0 fully saturated rings. The first-order chi connectivity index (χ1) is 5.95. The van der Waals surface area contributed by atoms with Gasteiger partial charge in [-0.1, -0.05) is 18.2 Å². The Bertz CT molecular complexity index is 317. The average molecular weight is 204 g/mol. The van der Waals surface area contributed by atoms with E-state index >= 15 is 0 Å². The summed E-state index contributed by atoms with van der Waals surface area (Å²) < 4.78 is 26.9. The van der Waals surface area contributed by atoms with Gasteiger partial charge in [-0.15, -0.1) is 0 Å². The van der Waals surface area contributed by atoms with Crippen LogP contribution in [-0.2, 0) is 10.1 Å². The molecule has 74 valence electrons. The summed E-state index contributed by atoms with van der Waals surface area (Å²) in [5, 5.41) is 8.63. The fourth-order valence-electron chi connectivity index (χ4n) is 0.428. The highest BCUT2D eigenvalue weighted by atomic mass is 32.2. The third-order valence-electron chi connectivity index (χ3n) is 1.12. The summed E-state index contributed by atoms with van der Waals surface area (Å²) in [7, 11) is -3.66. The molecule has 13 heavy (non-hydrogen) atoms. The van der Waals surface area contributed by atoms with Gasteiger partial charge in [-0.25, -0.2) is 0 Å². The summed E-state index contributed by atoms with van der Waals surface area (Å²) in [5.41, 5.74) is 0. The number of aromatic hydroxyl groups is 1. The van der Waals surface area contributed by atoms with Crippen molar-refractivity contribution in [2.45, 2.75) is 6.92 Å². The minimum atomic E-state index is -3.66. The van der Waals surface area contributed by atoms with E-state index in [0.717, 1.165) is 0 Å². The predicted octanol–water partition coefficient (Wildman–Crippen LogP) is 1.29. The number of rotatable bonds is 1. The summed E-state index contributed by atoms with van der Waals surface area (Å²) >= 11 is 0. The molecule has 2 N–H and O–H groups in total. The summed E-state index contributed by atoms with van der Waals surface area (Å²) in [5.74, 6) is 0.120. The van der Waals surface area contributed by atoms with Crippen molar-refractivity contribution in [2.24, 2.45) is 0 Å². The Hall–Kier alpha value is -1.07. The van der Waals surface area contributed by atoms with E-state index in [1.54, 1.807) is 24.3 Å². The number of hydrogen-bond acceptors (Lipinski definition) is 3. The molecule has 0 bridgehead atoms. The van der Waals surface area contributed by atoms with Crippen molar-refractivity contribution in [3.63, 3.8) is 0 Å². The normalized spacial score (nSPS) is 10.0. The second-order valence-corrected chi connectivity index (χ2v) is 3.95. The molecule has 0 spiro atoms. The molecule has 1 aromatic rings. The Morgan fingerprint density at radius 2 is 1.62 bits per heavy atom. The van der Waals surface area contributed by atoms with Gasteiger partial charge in [-0.3, -0.25) is 4.55 Å². The minimum Gasteiger partial charge on any atom is -0.508 e. The van der Waals surface area contributed by atoms with Gasteiger partial charge in [0.1, 0.15) is 5.75 Å². The molecule has 0 amide bonds. The number of phenolic OH excluding ortho intramolecular Hbond substituents is 1. The van der Waals surface area contributed by atoms with Crippen molar-refractivity contribution >= 4 is 10.1 Å². The molecule has 0 aliphatic carbocycles. The van der Waals surface area contributed by atoms with E-state index < -0.39 is 10.1 Å². The molecule has 0 saturated heterocycles. The van der Waals surface area contributed by atoms with Crippen LogP contribution in [0.25, 0.3) is 0 Å². The second-order valence-electron chi connectivity index (χ2n) is 2.21. The highest BCUT2D eigenvalue weighted by Gasteiger charge is 1.93. The van der Waals surface area contributed by atoms with E-state index in [1.807, 2.05) is 6.07 Å².